The number of nitrogens with zero attached hydrogens (tertiary/aromatic N) is 4. The van der Waals surface area contributed by atoms with Gasteiger partial charge in [-0.3, -0.25) is 4.79 Å². The van der Waals surface area contributed by atoms with Gasteiger partial charge in [0.2, 0.25) is 11.9 Å². The molecule has 0 spiro atoms. The third-order valence-electron chi connectivity index (χ3n) is 4.96. The standard InChI is InChI=1S/C16H22F3N5O/c17-16(18,19)12-9-21-15(22-10-12)24-7-5-23(6-8-24)14(25)11-1-3-13(20)4-2-11/h9-11,13H,1-8,20H2. The molecule has 1 amide bonds. The van der Waals surface area contributed by atoms with Gasteiger partial charge in [-0.2, -0.15) is 13.2 Å². The molecule has 0 atom stereocenters. The molecule has 9 heteroatoms. The number of nitrogens with two attached hydrogens (primary N) is 1. The van der Waals surface area contributed by atoms with Crippen molar-refractivity contribution in [2.75, 3.05) is 31.1 Å². The Morgan fingerprint density at radius 2 is 1.60 bits per heavy atom. The highest BCUT2D eigenvalue weighted by atomic mass is 19.4. The molecule has 0 aromatic carbocycles. The molecule has 0 bridgehead atoms. The summed E-state index contributed by atoms with van der Waals surface area (Å²) in [5.41, 5.74) is 5.02. The lowest BCUT2D eigenvalue weighted by atomic mass is 9.85. The molecule has 3 rings (SSSR count). The Morgan fingerprint density at radius 1 is 1.04 bits per heavy atom. The van der Waals surface area contributed by atoms with E-state index < -0.39 is 11.7 Å². The van der Waals surface area contributed by atoms with E-state index in [1.165, 1.54) is 0 Å². The van der Waals surface area contributed by atoms with Crippen molar-refractivity contribution in [3.63, 3.8) is 0 Å². The fourth-order valence-corrected chi connectivity index (χ4v) is 3.38. The molecule has 2 fully saturated rings. The van der Waals surface area contributed by atoms with Crippen LogP contribution in [0.5, 0.6) is 0 Å². The molecular weight excluding hydrogens is 335 g/mol. The Balaban J connectivity index is 1.54. The molecule has 25 heavy (non-hydrogen) atoms. The molecule has 6 nitrogen and oxygen atoms in total. The van der Waals surface area contributed by atoms with Crippen LogP contribution >= 0.6 is 0 Å². The van der Waals surface area contributed by atoms with Crippen LogP contribution in [0.1, 0.15) is 31.2 Å². The largest absolute Gasteiger partial charge is 0.419 e. The summed E-state index contributed by atoms with van der Waals surface area (Å²) in [7, 11) is 0. The van der Waals surface area contributed by atoms with Gasteiger partial charge in [0.1, 0.15) is 0 Å². The van der Waals surface area contributed by atoms with Crippen LogP contribution < -0.4 is 10.6 Å². The summed E-state index contributed by atoms with van der Waals surface area (Å²) in [6.07, 6.45) is 0.596. The van der Waals surface area contributed by atoms with Crippen molar-refractivity contribution in [3.8, 4) is 0 Å². The molecule has 1 aromatic rings. The molecule has 1 aliphatic heterocycles. The summed E-state index contributed by atoms with van der Waals surface area (Å²) >= 11 is 0. The van der Waals surface area contributed by atoms with Gasteiger partial charge in [-0.1, -0.05) is 0 Å². The first-order valence-electron chi connectivity index (χ1n) is 8.53. The molecule has 0 unspecified atom stereocenters. The molecule has 2 heterocycles. The number of halogens is 3. The van der Waals surface area contributed by atoms with Gasteiger partial charge in [0.25, 0.3) is 0 Å². The average Bonchev–Trinajstić information content (AvgIpc) is 2.61. The molecule has 138 valence electrons. The number of aromatic nitrogens is 2. The maximum atomic E-state index is 12.6. The van der Waals surface area contributed by atoms with Crippen LogP contribution in [-0.2, 0) is 11.0 Å². The van der Waals surface area contributed by atoms with Crippen LogP contribution in [0.3, 0.4) is 0 Å². The van der Waals surface area contributed by atoms with Gasteiger partial charge in [-0.15, -0.1) is 0 Å². The van der Waals surface area contributed by atoms with E-state index >= 15 is 0 Å². The first-order valence-corrected chi connectivity index (χ1v) is 8.53. The van der Waals surface area contributed by atoms with Gasteiger partial charge in [0.05, 0.1) is 5.56 Å². The molecule has 0 radical (unpaired) electrons. The number of amides is 1. The highest BCUT2D eigenvalue weighted by Crippen LogP contribution is 2.29. The van der Waals surface area contributed by atoms with E-state index in [0.29, 0.717) is 26.2 Å². The highest BCUT2D eigenvalue weighted by Gasteiger charge is 2.33. The fourth-order valence-electron chi connectivity index (χ4n) is 3.38. The molecule has 1 aromatic heterocycles. The number of hydrogen-bond acceptors (Lipinski definition) is 5. The van der Waals surface area contributed by atoms with Gasteiger partial charge in [0, 0.05) is 50.5 Å². The van der Waals surface area contributed by atoms with Crippen LogP contribution in [0.25, 0.3) is 0 Å². The van der Waals surface area contributed by atoms with Crippen molar-refractivity contribution in [1.82, 2.24) is 14.9 Å². The van der Waals surface area contributed by atoms with Gasteiger partial charge in [-0.05, 0) is 25.7 Å². The lowest BCUT2D eigenvalue weighted by Gasteiger charge is -2.37. The van der Waals surface area contributed by atoms with E-state index in [9.17, 15) is 18.0 Å². The summed E-state index contributed by atoms with van der Waals surface area (Å²) in [4.78, 5) is 23.8. The lowest BCUT2D eigenvalue weighted by Crippen LogP contribution is -2.51. The summed E-state index contributed by atoms with van der Waals surface area (Å²) < 4.78 is 37.7. The van der Waals surface area contributed by atoms with Gasteiger partial charge in [-0.25, -0.2) is 9.97 Å². The topological polar surface area (TPSA) is 75.4 Å². The van der Waals surface area contributed by atoms with Crippen LogP contribution in [0.2, 0.25) is 0 Å². The third kappa shape index (κ3) is 4.20. The zero-order valence-electron chi connectivity index (χ0n) is 13.9. The number of hydrogen-bond donors (Lipinski definition) is 1. The van der Waals surface area contributed by atoms with E-state index in [1.807, 2.05) is 4.90 Å². The van der Waals surface area contributed by atoms with Crippen molar-refractivity contribution in [2.24, 2.45) is 11.7 Å². The highest BCUT2D eigenvalue weighted by molar-refractivity contribution is 5.79. The molecule has 1 saturated heterocycles. The van der Waals surface area contributed by atoms with Crippen molar-refractivity contribution < 1.29 is 18.0 Å². The molecular formula is C16H22F3N5O. The zero-order chi connectivity index (χ0) is 18.0. The average molecular weight is 357 g/mol. The maximum absolute atomic E-state index is 12.6. The minimum absolute atomic E-state index is 0.0497. The summed E-state index contributed by atoms with van der Waals surface area (Å²) in [6, 6.07) is 0.206. The number of rotatable bonds is 2. The Labute approximate surface area is 144 Å². The van der Waals surface area contributed by atoms with E-state index in [4.69, 9.17) is 5.73 Å². The Kier molecular flexibility index (Phi) is 5.12. The predicted octanol–water partition coefficient (Wildman–Crippen LogP) is 1.66. The fraction of sp³-hybridized carbons (Fsp3) is 0.688. The van der Waals surface area contributed by atoms with Crippen molar-refractivity contribution in [2.45, 2.75) is 37.9 Å². The Bertz CT molecular complexity index is 591. The smallest absolute Gasteiger partial charge is 0.339 e. The summed E-state index contributed by atoms with van der Waals surface area (Å²) in [5.74, 6) is 0.484. The van der Waals surface area contributed by atoms with Crippen LogP contribution in [0, 0.1) is 5.92 Å². The van der Waals surface area contributed by atoms with Crippen molar-refractivity contribution >= 4 is 11.9 Å². The van der Waals surface area contributed by atoms with E-state index in [1.54, 1.807) is 4.90 Å². The lowest BCUT2D eigenvalue weighted by molar-refractivity contribution is -0.138. The number of carbonyl (C=O) groups excluding carboxylic acids is 1. The minimum Gasteiger partial charge on any atom is -0.339 e. The maximum Gasteiger partial charge on any atom is 0.419 e. The molecule has 1 saturated carbocycles. The number of alkyl halides is 3. The summed E-state index contributed by atoms with van der Waals surface area (Å²) in [5, 5.41) is 0. The van der Waals surface area contributed by atoms with Gasteiger partial charge >= 0.3 is 6.18 Å². The van der Waals surface area contributed by atoms with Gasteiger partial charge < -0.3 is 15.5 Å². The molecule has 2 N–H and O–H groups in total. The monoisotopic (exact) mass is 357 g/mol. The number of carbonyl (C=O) groups is 1. The van der Waals surface area contributed by atoms with E-state index in [0.717, 1.165) is 38.1 Å². The zero-order valence-corrected chi connectivity index (χ0v) is 13.9. The summed E-state index contributed by atoms with van der Waals surface area (Å²) in [6.45, 7) is 2.10. The number of piperazine rings is 1. The SMILES string of the molecule is NC1CCC(C(=O)N2CCN(c3ncc(C(F)(F)F)cn3)CC2)CC1. The molecule has 2 aliphatic rings. The van der Waals surface area contributed by atoms with Crippen molar-refractivity contribution in [1.29, 1.82) is 0 Å². The second kappa shape index (κ2) is 7.15. The Hall–Kier alpha value is -1.90. The van der Waals surface area contributed by atoms with E-state index in [-0.39, 0.29) is 23.8 Å². The second-order valence-corrected chi connectivity index (χ2v) is 6.69. The molecule has 1 aliphatic carbocycles. The van der Waals surface area contributed by atoms with Crippen LogP contribution in [0.15, 0.2) is 12.4 Å². The van der Waals surface area contributed by atoms with Crippen LogP contribution in [0.4, 0.5) is 19.1 Å². The predicted molar refractivity (Wildman–Crippen MR) is 85.8 cm³/mol. The van der Waals surface area contributed by atoms with E-state index in [2.05, 4.69) is 9.97 Å². The number of anilines is 1. The van der Waals surface area contributed by atoms with Crippen molar-refractivity contribution in [3.05, 3.63) is 18.0 Å². The normalized spacial score (nSPS) is 25.1. The second-order valence-electron chi connectivity index (χ2n) is 6.69. The first-order chi connectivity index (χ1) is 11.8. The minimum atomic E-state index is -4.44. The van der Waals surface area contributed by atoms with Crippen LogP contribution in [-0.4, -0.2) is 53.0 Å². The van der Waals surface area contributed by atoms with Gasteiger partial charge in [0.15, 0.2) is 0 Å². The first kappa shape index (κ1) is 17.9. The third-order valence-corrected chi connectivity index (χ3v) is 4.96. The Morgan fingerprint density at radius 3 is 2.12 bits per heavy atom. The quantitative estimate of drug-likeness (QED) is 0.871.